The standard InChI is InChI=1S/C29H31N5O2/c1-34(2)25-4-3-5-27(18-25)36-26-12-10-24(11-13-26)33-28(35)29(14-16-30-17-15-29)23-8-6-21(7-9-23)22-19-31-32-20-22/h3-13,18-20,30H,14-17H2,1-2H3,(H,31,32)(H,33,35). The fourth-order valence-corrected chi connectivity index (χ4v) is 4.71. The zero-order chi connectivity index (χ0) is 25.0. The van der Waals surface area contributed by atoms with Crippen molar-refractivity contribution in [1.29, 1.82) is 0 Å². The SMILES string of the molecule is CN(C)c1cccc(Oc2ccc(NC(=O)C3(c4ccc(-c5cn[nH]c5)cc4)CCNCC3)cc2)c1. The highest BCUT2D eigenvalue weighted by molar-refractivity contribution is 5.99. The molecule has 184 valence electrons. The van der Waals surface area contributed by atoms with Crippen molar-refractivity contribution in [1.82, 2.24) is 15.5 Å². The summed E-state index contributed by atoms with van der Waals surface area (Å²) in [7, 11) is 4.00. The minimum Gasteiger partial charge on any atom is -0.457 e. The minimum atomic E-state index is -0.581. The first-order chi connectivity index (χ1) is 17.5. The van der Waals surface area contributed by atoms with Crippen LogP contribution in [0.25, 0.3) is 11.1 Å². The molecule has 3 N–H and O–H groups in total. The van der Waals surface area contributed by atoms with Gasteiger partial charge in [0, 0.05) is 43.3 Å². The molecule has 1 aliphatic rings. The van der Waals surface area contributed by atoms with E-state index in [1.54, 1.807) is 6.20 Å². The quantitative estimate of drug-likeness (QED) is 0.338. The molecule has 3 aromatic carbocycles. The van der Waals surface area contributed by atoms with E-state index in [9.17, 15) is 4.79 Å². The number of hydrogen-bond donors (Lipinski definition) is 3. The van der Waals surface area contributed by atoms with Crippen LogP contribution >= 0.6 is 0 Å². The molecule has 0 aliphatic carbocycles. The van der Waals surface area contributed by atoms with E-state index in [0.29, 0.717) is 0 Å². The van der Waals surface area contributed by atoms with Crippen LogP contribution in [0.4, 0.5) is 11.4 Å². The second-order valence-corrected chi connectivity index (χ2v) is 9.37. The van der Waals surface area contributed by atoms with Crippen molar-refractivity contribution in [3.05, 3.63) is 90.8 Å². The number of nitrogens with zero attached hydrogens (tertiary/aromatic N) is 2. The van der Waals surface area contributed by atoms with Gasteiger partial charge in [-0.15, -0.1) is 0 Å². The molecule has 7 heteroatoms. The van der Waals surface area contributed by atoms with Gasteiger partial charge in [-0.05, 0) is 73.5 Å². The Kier molecular flexibility index (Phi) is 6.73. The van der Waals surface area contributed by atoms with E-state index in [-0.39, 0.29) is 5.91 Å². The van der Waals surface area contributed by atoms with Gasteiger partial charge < -0.3 is 20.3 Å². The number of benzene rings is 3. The van der Waals surface area contributed by atoms with Crippen molar-refractivity contribution >= 4 is 17.3 Å². The number of piperidine rings is 1. The molecule has 1 aromatic heterocycles. The van der Waals surface area contributed by atoms with Crippen molar-refractivity contribution in [2.75, 3.05) is 37.4 Å². The molecule has 5 rings (SSSR count). The Labute approximate surface area is 211 Å². The van der Waals surface area contributed by atoms with Crippen molar-refractivity contribution in [2.45, 2.75) is 18.3 Å². The fraction of sp³-hybridized carbons (Fsp3) is 0.241. The summed E-state index contributed by atoms with van der Waals surface area (Å²) in [6.07, 6.45) is 5.16. The number of anilines is 2. The van der Waals surface area contributed by atoms with Crippen LogP contribution in [0.5, 0.6) is 11.5 Å². The lowest BCUT2D eigenvalue weighted by Gasteiger charge is -2.37. The molecule has 36 heavy (non-hydrogen) atoms. The van der Waals surface area contributed by atoms with Crippen LogP contribution in [0.15, 0.2) is 85.2 Å². The van der Waals surface area contributed by atoms with Crippen LogP contribution in [0, 0.1) is 0 Å². The number of carbonyl (C=O) groups is 1. The lowest BCUT2D eigenvalue weighted by molar-refractivity contribution is -0.122. The van der Waals surface area contributed by atoms with Crippen molar-refractivity contribution in [3.8, 4) is 22.6 Å². The van der Waals surface area contributed by atoms with Crippen LogP contribution in [-0.4, -0.2) is 43.3 Å². The molecule has 2 heterocycles. The lowest BCUT2D eigenvalue weighted by atomic mass is 9.72. The molecule has 0 radical (unpaired) electrons. The summed E-state index contributed by atoms with van der Waals surface area (Å²) in [5.41, 5.74) is 4.38. The van der Waals surface area contributed by atoms with Gasteiger partial charge in [-0.1, -0.05) is 30.3 Å². The second-order valence-electron chi connectivity index (χ2n) is 9.37. The first-order valence-electron chi connectivity index (χ1n) is 12.2. The van der Waals surface area contributed by atoms with E-state index < -0.39 is 5.41 Å². The number of hydrogen-bond acceptors (Lipinski definition) is 5. The number of aromatic amines is 1. The third-order valence-corrected chi connectivity index (χ3v) is 6.84. The van der Waals surface area contributed by atoms with Crippen molar-refractivity contribution in [3.63, 3.8) is 0 Å². The molecule has 4 aromatic rings. The molecule has 0 saturated carbocycles. The van der Waals surface area contributed by atoms with Gasteiger partial charge in [0.25, 0.3) is 0 Å². The van der Waals surface area contributed by atoms with Crippen molar-refractivity contribution < 1.29 is 9.53 Å². The molecule has 0 atom stereocenters. The molecule has 7 nitrogen and oxygen atoms in total. The summed E-state index contributed by atoms with van der Waals surface area (Å²) >= 11 is 0. The Morgan fingerprint density at radius 1 is 0.944 bits per heavy atom. The van der Waals surface area contributed by atoms with E-state index in [2.05, 4.69) is 45.1 Å². The summed E-state index contributed by atoms with van der Waals surface area (Å²) in [4.78, 5) is 15.7. The van der Waals surface area contributed by atoms with Gasteiger partial charge in [-0.25, -0.2) is 0 Å². The van der Waals surface area contributed by atoms with Crippen LogP contribution in [0.2, 0.25) is 0 Å². The van der Waals surface area contributed by atoms with Crippen LogP contribution in [0.1, 0.15) is 18.4 Å². The Hall–Kier alpha value is -4.10. The van der Waals surface area contributed by atoms with Crippen LogP contribution in [0.3, 0.4) is 0 Å². The fourth-order valence-electron chi connectivity index (χ4n) is 4.71. The maximum Gasteiger partial charge on any atom is 0.235 e. The minimum absolute atomic E-state index is 0.0208. The largest absolute Gasteiger partial charge is 0.457 e. The predicted molar refractivity (Wildman–Crippen MR) is 144 cm³/mol. The Morgan fingerprint density at radius 2 is 1.69 bits per heavy atom. The number of H-pyrrole nitrogens is 1. The summed E-state index contributed by atoms with van der Waals surface area (Å²) in [5.74, 6) is 1.51. The number of rotatable bonds is 7. The normalized spacial score (nSPS) is 14.7. The second kappa shape index (κ2) is 10.3. The van der Waals surface area contributed by atoms with E-state index in [4.69, 9.17) is 4.74 Å². The predicted octanol–water partition coefficient (Wildman–Crippen LogP) is 5.19. The Morgan fingerprint density at radius 3 is 2.36 bits per heavy atom. The summed E-state index contributed by atoms with van der Waals surface area (Å²) in [6, 6.07) is 23.8. The number of amides is 1. The first kappa shape index (κ1) is 23.6. The lowest BCUT2D eigenvalue weighted by Crippen LogP contribution is -2.48. The molecule has 1 saturated heterocycles. The number of nitrogens with one attached hydrogen (secondary N) is 3. The smallest absolute Gasteiger partial charge is 0.235 e. The number of aromatic nitrogens is 2. The van der Waals surface area contributed by atoms with Gasteiger partial charge in [0.1, 0.15) is 11.5 Å². The highest BCUT2D eigenvalue weighted by Gasteiger charge is 2.41. The van der Waals surface area contributed by atoms with E-state index in [1.165, 1.54) is 0 Å². The monoisotopic (exact) mass is 481 g/mol. The molecule has 1 fully saturated rings. The zero-order valence-electron chi connectivity index (χ0n) is 20.6. The summed E-state index contributed by atoms with van der Waals surface area (Å²) < 4.78 is 6.02. The summed E-state index contributed by atoms with van der Waals surface area (Å²) in [6.45, 7) is 1.60. The first-order valence-corrected chi connectivity index (χ1v) is 12.2. The molecule has 0 unspecified atom stereocenters. The van der Waals surface area contributed by atoms with Gasteiger partial charge >= 0.3 is 0 Å². The maximum absolute atomic E-state index is 13.7. The third-order valence-electron chi connectivity index (χ3n) is 6.84. The number of carbonyl (C=O) groups excluding carboxylic acids is 1. The van der Waals surface area contributed by atoms with Gasteiger partial charge in [0.15, 0.2) is 0 Å². The average Bonchev–Trinajstić information content (AvgIpc) is 3.46. The third kappa shape index (κ3) is 4.97. The van der Waals surface area contributed by atoms with Gasteiger partial charge in [-0.2, -0.15) is 5.10 Å². The van der Waals surface area contributed by atoms with E-state index in [0.717, 1.165) is 65.5 Å². The molecule has 1 amide bonds. The molecule has 0 bridgehead atoms. The molecule has 1 aliphatic heterocycles. The topological polar surface area (TPSA) is 82.3 Å². The Bertz CT molecular complexity index is 1290. The van der Waals surface area contributed by atoms with Crippen LogP contribution < -0.4 is 20.3 Å². The molecular weight excluding hydrogens is 450 g/mol. The van der Waals surface area contributed by atoms with Gasteiger partial charge in [-0.3, -0.25) is 9.89 Å². The van der Waals surface area contributed by atoms with Gasteiger partial charge in [0.2, 0.25) is 5.91 Å². The van der Waals surface area contributed by atoms with Gasteiger partial charge in [0.05, 0.1) is 11.6 Å². The zero-order valence-corrected chi connectivity index (χ0v) is 20.6. The van der Waals surface area contributed by atoms with E-state index >= 15 is 0 Å². The number of ether oxygens (including phenoxy) is 1. The van der Waals surface area contributed by atoms with Crippen LogP contribution in [-0.2, 0) is 10.2 Å². The van der Waals surface area contributed by atoms with Crippen molar-refractivity contribution in [2.24, 2.45) is 0 Å². The Balaban J connectivity index is 1.31. The maximum atomic E-state index is 13.7. The molecule has 0 spiro atoms. The highest BCUT2D eigenvalue weighted by atomic mass is 16.5. The average molecular weight is 482 g/mol. The molecular formula is C29H31N5O2. The van der Waals surface area contributed by atoms with E-state index in [1.807, 2.05) is 73.7 Å². The highest BCUT2D eigenvalue weighted by Crippen LogP contribution is 2.36. The summed E-state index contributed by atoms with van der Waals surface area (Å²) in [5, 5.41) is 13.4.